The van der Waals surface area contributed by atoms with E-state index >= 15 is 0 Å². The number of benzene rings is 2. The number of aryl methyl sites for hydroxylation is 2. The largest absolute Gasteiger partial charge is 0.314 e. The highest BCUT2D eigenvalue weighted by Gasteiger charge is 2.19. The third-order valence-corrected chi connectivity index (χ3v) is 5.08. The molecule has 1 aromatic heterocycles. The Morgan fingerprint density at radius 1 is 0.889 bits per heavy atom. The summed E-state index contributed by atoms with van der Waals surface area (Å²) >= 11 is 0. The first-order valence-corrected chi connectivity index (χ1v) is 9.30. The van der Waals surface area contributed by atoms with Crippen LogP contribution in [0.25, 0.3) is 0 Å². The smallest absolute Gasteiger partial charge is 0.134 e. The van der Waals surface area contributed by atoms with Crippen molar-refractivity contribution < 1.29 is 8.78 Å². The molecule has 27 heavy (non-hydrogen) atoms. The highest BCUT2D eigenvalue weighted by Crippen LogP contribution is 2.16. The topological polar surface area (TPSA) is 34.0 Å². The summed E-state index contributed by atoms with van der Waals surface area (Å²) in [7, 11) is 0. The van der Waals surface area contributed by atoms with Gasteiger partial charge in [-0.3, -0.25) is 4.90 Å². The molecule has 2 heterocycles. The number of hydrogen-bond donors (Lipinski definition) is 0. The number of aromatic nitrogens is 3. The SMILES string of the molecule is Fc1ccc(CN2CCc3nnc(CCc4ccccc4)n3CC2)c(F)c1. The second-order valence-corrected chi connectivity index (χ2v) is 6.93. The zero-order chi connectivity index (χ0) is 18.6. The summed E-state index contributed by atoms with van der Waals surface area (Å²) in [5.74, 6) is 0.965. The molecule has 4 rings (SSSR count). The molecule has 0 N–H and O–H groups in total. The lowest BCUT2D eigenvalue weighted by Crippen LogP contribution is -2.27. The van der Waals surface area contributed by atoms with Gasteiger partial charge in [0.25, 0.3) is 0 Å². The minimum atomic E-state index is -0.540. The number of halogens is 2. The predicted molar refractivity (Wildman–Crippen MR) is 99.2 cm³/mol. The van der Waals surface area contributed by atoms with Gasteiger partial charge in [0, 0.05) is 50.7 Å². The molecular formula is C21H22F2N4. The van der Waals surface area contributed by atoms with Crippen LogP contribution in [0.4, 0.5) is 8.78 Å². The van der Waals surface area contributed by atoms with Gasteiger partial charge in [-0.2, -0.15) is 0 Å². The van der Waals surface area contributed by atoms with Gasteiger partial charge in [0.05, 0.1) is 0 Å². The molecule has 6 heteroatoms. The van der Waals surface area contributed by atoms with Gasteiger partial charge in [0.15, 0.2) is 0 Å². The molecule has 0 amide bonds. The molecule has 0 spiro atoms. The fourth-order valence-electron chi connectivity index (χ4n) is 3.56. The van der Waals surface area contributed by atoms with Crippen molar-refractivity contribution in [3.05, 3.63) is 82.9 Å². The van der Waals surface area contributed by atoms with Gasteiger partial charge >= 0.3 is 0 Å². The zero-order valence-corrected chi connectivity index (χ0v) is 15.1. The Balaban J connectivity index is 1.40. The van der Waals surface area contributed by atoms with Crippen molar-refractivity contribution in [1.29, 1.82) is 0 Å². The van der Waals surface area contributed by atoms with Gasteiger partial charge in [0.1, 0.15) is 23.3 Å². The van der Waals surface area contributed by atoms with Crippen molar-refractivity contribution in [2.45, 2.75) is 32.4 Å². The molecule has 0 aliphatic carbocycles. The quantitative estimate of drug-likeness (QED) is 0.692. The third kappa shape index (κ3) is 4.22. The Labute approximate surface area is 157 Å². The summed E-state index contributed by atoms with van der Waals surface area (Å²) in [5.41, 5.74) is 1.82. The van der Waals surface area contributed by atoms with E-state index in [4.69, 9.17) is 0 Å². The first-order chi connectivity index (χ1) is 13.2. The molecule has 0 saturated carbocycles. The molecule has 0 fully saturated rings. The van der Waals surface area contributed by atoms with E-state index in [-0.39, 0.29) is 0 Å². The first-order valence-electron chi connectivity index (χ1n) is 9.30. The number of fused-ring (bicyclic) bond motifs is 1. The lowest BCUT2D eigenvalue weighted by molar-refractivity contribution is 0.266. The molecule has 3 aromatic rings. The van der Waals surface area contributed by atoms with Crippen LogP contribution in [0.3, 0.4) is 0 Å². The van der Waals surface area contributed by atoms with E-state index in [2.05, 4.69) is 31.8 Å². The van der Waals surface area contributed by atoms with Crippen LogP contribution in [0.5, 0.6) is 0 Å². The maximum absolute atomic E-state index is 13.9. The zero-order valence-electron chi connectivity index (χ0n) is 15.1. The fourth-order valence-corrected chi connectivity index (χ4v) is 3.56. The van der Waals surface area contributed by atoms with Crippen molar-refractivity contribution in [3.63, 3.8) is 0 Å². The van der Waals surface area contributed by atoms with E-state index in [1.165, 1.54) is 17.7 Å². The maximum Gasteiger partial charge on any atom is 0.134 e. The lowest BCUT2D eigenvalue weighted by Gasteiger charge is -2.20. The van der Waals surface area contributed by atoms with Gasteiger partial charge in [-0.25, -0.2) is 8.78 Å². The van der Waals surface area contributed by atoms with Crippen LogP contribution in [0.1, 0.15) is 22.8 Å². The van der Waals surface area contributed by atoms with E-state index in [0.717, 1.165) is 56.6 Å². The molecule has 0 unspecified atom stereocenters. The highest BCUT2D eigenvalue weighted by molar-refractivity contribution is 5.19. The van der Waals surface area contributed by atoms with E-state index in [9.17, 15) is 8.78 Å². The summed E-state index contributed by atoms with van der Waals surface area (Å²) in [6.45, 7) is 2.84. The number of hydrogen-bond acceptors (Lipinski definition) is 3. The number of rotatable bonds is 5. The van der Waals surface area contributed by atoms with Gasteiger partial charge in [-0.1, -0.05) is 36.4 Å². The Kier molecular flexibility index (Phi) is 5.25. The fraction of sp³-hybridized carbons (Fsp3) is 0.333. The molecule has 140 valence electrons. The van der Waals surface area contributed by atoms with Crippen LogP contribution in [0.2, 0.25) is 0 Å². The predicted octanol–water partition coefficient (Wildman–Crippen LogP) is 3.40. The Bertz CT molecular complexity index is 908. The van der Waals surface area contributed by atoms with Crippen molar-refractivity contribution >= 4 is 0 Å². The standard InChI is InChI=1S/C21H22F2N4/c22-18-8-7-17(19(23)14-18)15-26-11-10-21-25-24-20(27(21)13-12-26)9-6-16-4-2-1-3-5-16/h1-5,7-8,14H,6,9-13,15H2. The highest BCUT2D eigenvalue weighted by atomic mass is 19.1. The molecule has 1 aliphatic rings. The van der Waals surface area contributed by atoms with Crippen LogP contribution in [-0.4, -0.2) is 32.8 Å². The van der Waals surface area contributed by atoms with Gasteiger partial charge in [0.2, 0.25) is 0 Å². The van der Waals surface area contributed by atoms with Crippen molar-refractivity contribution in [3.8, 4) is 0 Å². The summed E-state index contributed by atoms with van der Waals surface area (Å²) in [6.07, 6.45) is 2.56. The van der Waals surface area contributed by atoms with Crippen molar-refractivity contribution in [2.75, 3.05) is 13.1 Å². The summed E-state index contributed by atoms with van der Waals surface area (Å²) in [6, 6.07) is 14.2. The molecule has 0 atom stereocenters. The van der Waals surface area contributed by atoms with Crippen molar-refractivity contribution in [1.82, 2.24) is 19.7 Å². The molecule has 4 nitrogen and oxygen atoms in total. The third-order valence-electron chi connectivity index (χ3n) is 5.08. The van der Waals surface area contributed by atoms with Gasteiger partial charge in [-0.15, -0.1) is 10.2 Å². The lowest BCUT2D eigenvalue weighted by atomic mass is 10.1. The first kappa shape index (κ1) is 17.8. The minimum absolute atomic E-state index is 0.476. The molecule has 2 aromatic carbocycles. The van der Waals surface area contributed by atoms with Crippen LogP contribution in [-0.2, 0) is 32.4 Å². The average molecular weight is 368 g/mol. The second-order valence-electron chi connectivity index (χ2n) is 6.93. The molecule has 0 bridgehead atoms. The molecule has 0 saturated heterocycles. The molecule has 0 radical (unpaired) electrons. The van der Waals surface area contributed by atoms with Crippen LogP contribution in [0, 0.1) is 11.6 Å². The Morgan fingerprint density at radius 3 is 2.56 bits per heavy atom. The van der Waals surface area contributed by atoms with E-state index in [1.54, 1.807) is 0 Å². The molecular weight excluding hydrogens is 346 g/mol. The summed E-state index contributed by atoms with van der Waals surface area (Å²) < 4.78 is 29.2. The Hall–Kier alpha value is -2.60. The van der Waals surface area contributed by atoms with Crippen LogP contribution < -0.4 is 0 Å². The van der Waals surface area contributed by atoms with Gasteiger partial charge in [-0.05, 0) is 18.1 Å². The van der Waals surface area contributed by atoms with E-state index < -0.39 is 11.6 Å². The van der Waals surface area contributed by atoms with E-state index in [0.29, 0.717) is 12.1 Å². The Morgan fingerprint density at radius 2 is 1.74 bits per heavy atom. The number of nitrogens with zero attached hydrogens (tertiary/aromatic N) is 4. The summed E-state index contributed by atoms with van der Waals surface area (Å²) in [5, 5.41) is 8.74. The average Bonchev–Trinajstić information content (AvgIpc) is 2.95. The normalized spacial score (nSPS) is 14.7. The maximum atomic E-state index is 13.9. The van der Waals surface area contributed by atoms with Gasteiger partial charge < -0.3 is 4.57 Å². The van der Waals surface area contributed by atoms with Crippen LogP contribution in [0.15, 0.2) is 48.5 Å². The van der Waals surface area contributed by atoms with E-state index in [1.807, 2.05) is 18.2 Å². The van der Waals surface area contributed by atoms with Crippen molar-refractivity contribution in [2.24, 2.45) is 0 Å². The monoisotopic (exact) mass is 368 g/mol. The summed E-state index contributed by atoms with van der Waals surface area (Å²) in [4.78, 5) is 2.19. The van der Waals surface area contributed by atoms with Crippen LogP contribution >= 0.6 is 0 Å². The second kappa shape index (κ2) is 7.96. The minimum Gasteiger partial charge on any atom is -0.314 e. The molecule has 1 aliphatic heterocycles.